The average molecular weight is 309 g/mol. The molecule has 0 unspecified atom stereocenters. The summed E-state index contributed by atoms with van der Waals surface area (Å²) >= 11 is 0. The fraction of sp³-hybridized carbons (Fsp3) is 0.211. The maximum absolute atomic E-state index is 10.2. The molecule has 0 amide bonds. The first-order valence-electron chi connectivity index (χ1n) is 7.57. The van der Waals surface area contributed by atoms with Gasteiger partial charge < -0.3 is 14.7 Å². The molecule has 1 atom stereocenters. The number of allylic oxidation sites excluding steroid dienone is 1. The fourth-order valence-corrected chi connectivity index (χ4v) is 2.57. The molecular formula is C19H19NO3. The van der Waals surface area contributed by atoms with E-state index in [4.69, 9.17) is 9.57 Å². The lowest BCUT2D eigenvalue weighted by molar-refractivity contribution is 0.0834. The van der Waals surface area contributed by atoms with Crippen molar-refractivity contribution in [1.82, 2.24) is 0 Å². The van der Waals surface area contributed by atoms with Crippen molar-refractivity contribution in [3.8, 4) is 11.5 Å². The number of oxime groups is 1. The number of benzene rings is 2. The molecule has 4 nitrogen and oxygen atoms in total. The summed E-state index contributed by atoms with van der Waals surface area (Å²) in [6.07, 6.45) is 5.28. The van der Waals surface area contributed by atoms with Crippen LogP contribution in [0.15, 0.2) is 59.8 Å². The molecule has 118 valence electrons. The summed E-state index contributed by atoms with van der Waals surface area (Å²) < 4.78 is 5.13. The number of methoxy groups -OCH3 is 1. The highest BCUT2D eigenvalue weighted by atomic mass is 16.6. The van der Waals surface area contributed by atoms with Crippen molar-refractivity contribution in [2.75, 3.05) is 7.11 Å². The van der Waals surface area contributed by atoms with Crippen LogP contribution in [-0.4, -0.2) is 17.9 Å². The van der Waals surface area contributed by atoms with Crippen molar-refractivity contribution < 1.29 is 14.7 Å². The molecule has 0 aromatic heterocycles. The zero-order valence-electron chi connectivity index (χ0n) is 13.0. The molecule has 4 heteroatoms. The zero-order valence-corrected chi connectivity index (χ0v) is 13.0. The largest absolute Gasteiger partial charge is 0.504 e. The molecule has 2 aromatic carbocycles. The lowest BCUT2D eigenvalue weighted by atomic mass is 10.0. The van der Waals surface area contributed by atoms with Gasteiger partial charge in [0.05, 0.1) is 12.8 Å². The highest BCUT2D eigenvalue weighted by molar-refractivity contribution is 5.87. The molecule has 0 bridgehead atoms. The standard InChI is InChI=1S/C19H19NO3/c1-22-17-12-6-11-16(19(17)21)18-13-15(20-23-18)10-5-9-14-7-3-2-4-8-14/h2-9,11-12,18,21H,10,13H2,1H3/b9-5+/t18-/m0/s1. The van der Waals surface area contributed by atoms with E-state index in [0.29, 0.717) is 17.7 Å². The van der Waals surface area contributed by atoms with Gasteiger partial charge in [0, 0.05) is 18.4 Å². The normalized spacial score (nSPS) is 17.1. The van der Waals surface area contributed by atoms with E-state index in [-0.39, 0.29) is 11.9 Å². The molecule has 2 aromatic rings. The molecule has 0 aliphatic carbocycles. The lowest BCUT2D eigenvalue weighted by Gasteiger charge is -2.12. The Morgan fingerprint density at radius 2 is 2.04 bits per heavy atom. The minimum absolute atomic E-state index is 0.122. The number of ether oxygens (including phenoxy) is 1. The number of nitrogens with zero attached hydrogens (tertiary/aromatic N) is 1. The number of rotatable bonds is 5. The van der Waals surface area contributed by atoms with Gasteiger partial charge in [-0.05, 0) is 11.6 Å². The first kappa shape index (κ1) is 15.2. The predicted molar refractivity (Wildman–Crippen MR) is 90.6 cm³/mol. The second-order valence-corrected chi connectivity index (χ2v) is 5.37. The third kappa shape index (κ3) is 3.54. The maximum atomic E-state index is 10.2. The van der Waals surface area contributed by atoms with E-state index >= 15 is 0 Å². The van der Waals surface area contributed by atoms with Crippen molar-refractivity contribution in [2.24, 2.45) is 5.16 Å². The average Bonchev–Trinajstić information content (AvgIpc) is 3.05. The number of hydrogen-bond acceptors (Lipinski definition) is 4. The summed E-state index contributed by atoms with van der Waals surface area (Å²) in [5.41, 5.74) is 2.83. The van der Waals surface area contributed by atoms with E-state index in [1.807, 2.05) is 30.3 Å². The molecule has 1 N–H and O–H groups in total. The summed E-state index contributed by atoms with van der Waals surface area (Å²) in [7, 11) is 1.53. The molecule has 0 saturated carbocycles. The third-order valence-corrected chi connectivity index (χ3v) is 3.79. The first-order valence-corrected chi connectivity index (χ1v) is 7.57. The van der Waals surface area contributed by atoms with Crippen LogP contribution in [0.1, 0.15) is 30.1 Å². The number of phenolic OH excluding ortho intramolecular Hbond substituents is 1. The summed E-state index contributed by atoms with van der Waals surface area (Å²) in [5.74, 6) is 0.569. The molecule has 0 radical (unpaired) electrons. The van der Waals surface area contributed by atoms with Crippen LogP contribution in [0.2, 0.25) is 0 Å². The molecule has 1 aliphatic rings. The third-order valence-electron chi connectivity index (χ3n) is 3.79. The van der Waals surface area contributed by atoms with E-state index < -0.39 is 0 Å². The van der Waals surface area contributed by atoms with Gasteiger partial charge in [-0.2, -0.15) is 0 Å². The SMILES string of the molecule is COc1cccc([C@@H]2CC(C/C=C/c3ccccc3)=NO2)c1O. The van der Waals surface area contributed by atoms with Crippen molar-refractivity contribution >= 4 is 11.8 Å². The van der Waals surface area contributed by atoms with Gasteiger partial charge in [0.25, 0.3) is 0 Å². The molecule has 0 spiro atoms. The van der Waals surface area contributed by atoms with E-state index in [2.05, 4.69) is 29.4 Å². The van der Waals surface area contributed by atoms with Gasteiger partial charge in [-0.15, -0.1) is 0 Å². The Labute approximate surface area is 135 Å². The van der Waals surface area contributed by atoms with Gasteiger partial charge in [-0.1, -0.05) is 59.8 Å². The predicted octanol–water partition coefficient (Wildman–Crippen LogP) is 4.32. The first-order chi connectivity index (χ1) is 11.3. The van der Waals surface area contributed by atoms with Crippen LogP contribution >= 0.6 is 0 Å². The van der Waals surface area contributed by atoms with Crippen LogP contribution < -0.4 is 4.74 Å². The minimum atomic E-state index is -0.259. The highest BCUT2D eigenvalue weighted by Gasteiger charge is 2.25. The number of para-hydroxylation sites is 1. The van der Waals surface area contributed by atoms with Crippen LogP contribution in [0.25, 0.3) is 6.08 Å². The van der Waals surface area contributed by atoms with Crippen LogP contribution in [0.4, 0.5) is 0 Å². The molecular weight excluding hydrogens is 290 g/mol. The Bertz CT molecular complexity index is 723. The Hall–Kier alpha value is -2.75. The Kier molecular flexibility index (Phi) is 4.62. The minimum Gasteiger partial charge on any atom is -0.504 e. The van der Waals surface area contributed by atoms with E-state index in [9.17, 15) is 5.11 Å². The maximum Gasteiger partial charge on any atom is 0.164 e. The second kappa shape index (κ2) is 7.01. The van der Waals surface area contributed by atoms with Gasteiger partial charge in [0.2, 0.25) is 0 Å². The van der Waals surface area contributed by atoms with Crippen LogP contribution in [0.3, 0.4) is 0 Å². The summed E-state index contributed by atoms with van der Waals surface area (Å²) in [6.45, 7) is 0. The van der Waals surface area contributed by atoms with Crippen LogP contribution in [0.5, 0.6) is 11.5 Å². The Balaban J connectivity index is 1.61. The number of aromatic hydroxyl groups is 1. The van der Waals surface area contributed by atoms with Crippen LogP contribution in [-0.2, 0) is 4.84 Å². The summed E-state index contributed by atoms with van der Waals surface area (Å²) in [5, 5.41) is 14.3. The molecule has 1 aliphatic heterocycles. The quantitative estimate of drug-likeness (QED) is 0.894. The molecule has 3 rings (SSSR count). The number of phenols is 1. The molecule has 1 heterocycles. The summed E-state index contributed by atoms with van der Waals surface area (Å²) in [4.78, 5) is 5.47. The van der Waals surface area contributed by atoms with Gasteiger partial charge in [0.1, 0.15) is 0 Å². The van der Waals surface area contributed by atoms with Gasteiger partial charge in [-0.3, -0.25) is 0 Å². The van der Waals surface area contributed by atoms with Gasteiger partial charge in [-0.25, -0.2) is 0 Å². The fourth-order valence-electron chi connectivity index (χ4n) is 2.57. The summed E-state index contributed by atoms with van der Waals surface area (Å²) in [6, 6.07) is 15.5. The van der Waals surface area contributed by atoms with Crippen molar-refractivity contribution in [3.05, 3.63) is 65.7 Å². The zero-order chi connectivity index (χ0) is 16.1. The molecule has 0 fully saturated rings. The van der Waals surface area contributed by atoms with Gasteiger partial charge >= 0.3 is 0 Å². The van der Waals surface area contributed by atoms with E-state index in [1.165, 1.54) is 7.11 Å². The molecule has 23 heavy (non-hydrogen) atoms. The Morgan fingerprint density at radius 1 is 1.22 bits per heavy atom. The monoisotopic (exact) mass is 309 g/mol. The van der Waals surface area contributed by atoms with E-state index in [1.54, 1.807) is 6.07 Å². The van der Waals surface area contributed by atoms with Crippen molar-refractivity contribution in [3.63, 3.8) is 0 Å². The highest BCUT2D eigenvalue weighted by Crippen LogP contribution is 2.38. The van der Waals surface area contributed by atoms with Crippen molar-refractivity contribution in [1.29, 1.82) is 0 Å². The van der Waals surface area contributed by atoms with E-state index in [0.717, 1.165) is 17.7 Å². The second-order valence-electron chi connectivity index (χ2n) is 5.37. The smallest absolute Gasteiger partial charge is 0.164 e. The van der Waals surface area contributed by atoms with Crippen molar-refractivity contribution in [2.45, 2.75) is 18.9 Å². The van der Waals surface area contributed by atoms with Crippen LogP contribution in [0, 0.1) is 0 Å². The number of hydrogen-bond donors (Lipinski definition) is 1. The topological polar surface area (TPSA) is 51.0 Å². The Morgan fingerprint density at radius 3 is 2.83 bits per heavy atom. The van der Waals surface area contributed by atoms with Gasteiger partial charge in [0.15, 0.2) is 17.6 Å². The molecule has 0 saturated heterocycles. The lowest BCUT2D eigenvalue weighted by Crippen LogP contribution is -2.00.